The van der Waals surface area contributed by atoms with Gasteiger partial charge in [0.25, 0.3) is 0 Å². The second-order valence-corrected chi connectivity index (χ2v) is 8.18. The van der Waals surface area contributed by atoms with Gasteiger partial charge in [-0.3, -0.25) is 0 Å². The highest BCUT2D eigenvalue weighted by atomic mass is 16.5. The summed E-state index contributed by atoms with van der Waals surface area (Å²) in [5, 5.41) is 4.44. The number of ether oxygens (including phenoxy) is 1. The van der Waals surface area contributed by atoms with Gasteiger partial charge in [-0.15, -0.1) is 0 Å². The van der Waals surface area contributed by atoms with Gasteiger partial charge in [0, 0.05) is 31.1 Å². The van der Waals surface area contributed by atoms with E-state index in [2.05, 4.69) is 60.1 Å². The molecule has 2 heterocycles. The molecular formula is C28H43N3O. The SMILES string of the molecule is CC.CCCCC(CCC)Cn1c(Cc2ccc(OCC)cc2)cc2cc(NC)cnc21. The van der Waals surface area contributed by atoms with E-state index >= 15 is 0 Å². The van der Waals surface area contributed by atoms with Crippen molar-refractivity contribution in [2.75, 3.05) is 19.0 Å². The summed E-state index contributed by atoms with van der Waals surface area (Å²) in [4.78, 5) is 4.83. The molecule has 1 unspecified atom stereocenters. The number of rotatable bonds is 12. The molecule has 2 aromatic heterocycles. The normalized spacial score (nSPS) is 11.7. The number of anilines is 1. The summed E-state index contributed by atoms with van der Waals surface area (Å²) in [6.07, 6.45) is 9.21. The van der Waals surface area contributed by atoms with Crippen molar-refractivity contribution in [2.45, 2.75) is 79.7 Å². The lowest BCUT2D eigenvalue weighted by molar-refractivity contribution is 0.340. The van der Waals surface area contributed by atoms with E-state index in [1.165, 1.54) is 48.7 Å². The highest BCUT2D eigenvalue weighted by Gasteiger charge is 2.16. The van der Waals surface area contributed by atoms with Crippen LogP contribution in [0.25, 0.3) is 11.0 Å². The third-order valence-corrected chi connectivity index (χ3v) is 5.83. The first-order valence-corrected chi connectivity index (χ1v) is 12.6. The molecule has 0 aliphatic rings. The number of nitrogens with one attached hydrogen (secondary N) is 1. The second-order valence-electron chi connectivity index (χ2n) is 8.18. The van der Waals surface area contributed by atoms with Gasteiger partial charge in [0.2, 0.25) is 0 Å². The first-order valence-electron chi connectivity index (χ1n) is 12.6. The van der Waals surface area contributed by atoms with Crippen molar-refractivity contribution in [3.63, 3.8) is 0 Å². The van der Waals surface area contributed by atoms with E-state index in [-0.39, 0.29) is 0 Å². The van der Waals surface area contributed by atoms with Gasteiger partial charge in [-0.05, 0) is 55.5 Å². The summed E-state index contributed by atoms with van der Waals surface area (Å²) in [5.74, 6) is 1.64. The number of pyridine rings is 1. The van der Waals surface area contributed by atoms with Crippen LogP contribution < -0.4 is 10.1 Å². The van der Waals surface area contributed by atoms with Crippen LogP contribution in [0.2, 0.25) is 0 Å². The predicted octanol–water partition coefficient (Wildman–Crippen LogP) is 7.70. The van der Waals surface area contributed by atoms with Gasteiger partial charge in [0.05, 0.1) is 18.5 Å². The largest absolute Gasteiger partial charge is 0.494 e. The molecule has 0 saturated heterocycles. The first-order chi connectivity index (χ1) is 15.7. The average Bonchev–Trinajstić information content (AvgIpc) is 3.16. The summed E-state index contributed by atoms with van der Waals surface area (Å²) in [6.45, 7) is 12.3. The van der Waals surface area contributed by atoms with E-state index in [0.717, 1.165) is 30.0 Å². The van der Waals surface area contributed by atoms with Gasteiger partial charge in [0.1, 0.15) is 11.4 Å². The highest BCUT2D eigenvalue weighted by molar-refractivity contribution is 5.81. The summed E-state index contributed by atoms with van der Waals surface area (Å²) in [7, 11) is 1.95. The average molecular weight is 438 g/mol. The Labute approximate surface area is 195 Å². The molecule has 0 amide bonds. The minimum atomic E-state index is 0.698. The fourth-order valence-electron chi connectivity index (χ4n) is 4.25. The van der Waals surface area contributed by atoms with Crippen LogP contribution in [0.4, 0.5) is 5.69 Å². The Balaban J connectivity index is 0.00000176. The lowest BCUT2D eigenvalue weighted by Crippen LogP contribution is -2.14. The number of aromatic nitrogens is 2. The number of nitrogens with zero attached hydrogens (tertiary/aromatic N) is 2. The molecule has 0 fully saturated rings. The van der Waals surface area contributed by atoms with Crippen molar-refractivity contribution in [3.05, 3.63) is 53.9 Å². The maximum atomic E-state index is 5.60. The summed E-state index contributed by atoms with van der Waals surface area (Å²) >= 11 is 0. The van der Waals surface area contributed by atoms with E-state index in [1.54, 1.807) is 0 Å². The van der Waals surface area contributed by atoms with Gasteiger partial charge in [-0.1, -0.05) is 59.1 Å². The Hall–Kier alpha value is -2.49. The zero-order valence-electron chi connectivity index (χ0n) is 21.1. The van der Waals surface area contributed by atoms with E-state index in [9.17, 15) is 0 Å². The lowest BCUT2D eigenvalue weighted by atomic mass is 9.97. The van der Waals surface area contributed by atoms with Crippen LogP contribution in [0.1, 0.15) is 78.0 Å². The van der Waals surface area contributed by atoms with Gasteiger partial charge in [-0.2, -0.15) is 0 Å². The molecule has 0 saturated carbocycles. The number of benzene rings is 1. The minimum Gasteiger partial charge on any atom is -0.494 e. The van der Waals surface area contributed by atoms with E-state index in [0.29, 0.717) is 12.5 Å². The molecule has 0 aliphatic carbocycles. The molecule has 32 heavy (non-hydrogen) atoms. The van der Waals surface area contributed by atoms with E-state index in [4.69, 9.17) is 9.72 Å². The topological polar surface area (TPSA) is 39.1 Å². The van der Waals surface area contributed by atoms with Crippen LogP contribution >= 0.6 is 0 Å². The van der Waals surface area contributed by atoms with E-state index in [1.807, 2.05) is 34.0 Å². The Kier molecular flexibility index (Phi) is 11.1. The Morgan fingerprint density at radius 3 is 2.38 bits per heavy atom. The lowest BCUT2D eigenvalue weighted by Gasteiger charge is -2.19. The molecule has 3 aromatic rings. The van der Waals surface area contributed by atoms with Crippen LogP contribution in [-0.2, 0) is 13.0 Å². The smallest absolute Gasteiger partial charge is 0.140 e. The van der Waals surface area contributed by atoms with Crippen LogP contribution in [0.15, 0.2) is 42.6 Å². The van der Waals surface area contributed by atoms with Crippen molar-refractivity contribution >= 4 is 16.7 Å². The molecular weight excluding hydrogens is 394 g/mol. The number of hydrogen-bond donors (Lipinski definition) is 1. The molecule has 4 heteroatoms. The molecule has 1 N–H and O–H groups in total. The van der Waals surface area contributed by atoms with Gasteiger partial charge >= 0.3 is 0 Å². The number of hydrogen-bond acceptors (Lipinski definition) is 3. The Morgan fingerprint density at radius 2 is 1.75 bits per heavy atom. The van der Waals surface area contributed by atoms with Gasteiger partial charge < -0.3 is 14.6 Å². The van der Waals surface area contributed by atoms with Crippen LogP contribution in [0.5, 0.6) is 5.75 Å². The summed E-state index contributed by atoms with van der Waals surface area (Å²) in [5.41, 5.74) is 4.81. The third-order valence-electron chi connectivity index (χ3n) is 5.83. The quantitative estimate of drug-likeness (QED) is 0.315. The molecule has 4 nitrogen and oxygen atoms in total. The van der Waals surface area contributed by atoms with Gasteiger partial charge in [0.15, 0.2) is 0 Å². The minimum absolute atomic E-state index is 0.698. The number of unbranched alkanes of at least 4 members (excludes halogenated alkanes) is 1. The second kappa shape index (κ2) is 13.8. The van der Waals surface area contributed by atoms with Crippen molar-refractivity contribution in [1.29, 1.82) is 0 Å². The maximum absolute atomic E-state index is 5.60. The zero-order valence-corrected chi connectivity index (χ0v) is 21.1. The third kappa shape index (κ3) is 7.01. The standard InChI is InChI=1S/C26H37N3O.C2H6/c1-5-8-10-21(9-6-2)19-29-24(15-20-11-13-25(14-12-20)30-7-3)17-22-16-23(27-4)18-28-26(22)29;1-2/h11-14,16-18,21,27H,5-10,15,19H2,1-4H3;1-2H3. The van der Waals surface area contributed by atoms with Gasteiger partial charge in [-0.25, -0.2) is 4.98 Å². The van der Waals surface area contributed by atoms with Crippen molar-refractivity contribution < 1.29 is 4.74 Å². The van der Waals surface area contributed by atoms with Crippen LogP contribution in [0, 0.1) is 5.92 Å². The first kappa shape index (κ1) is 25.8. The monoisotopic (exact) mass is 437 g/mol. The molecule has 0 aliphatic heterocycles. The molecule has 1 atom stereocenters. The van der Waals surface area contributed by atoms with Crippen molar-refractivity contribution in [1.82, 2.24) is 9.55 Å². The molecule has 3 rings (SSSR count). The fraction of sp³-hybridized carbons (Fsp3) is 0.536. The molecule has 176 valence electrons. The number of fused-ring (bicyclic) bond motifs is 1. The van der Waals surface area contributed by atoms with Crippen molar-refractivity contribution in [3.8, 4) is 5.75 Å². The Morgan fingerprint density at radius 1 is 1.00 bits per heavy atom. The Bertz CT molecular complexity index is 914. The van der Waals surface area contributed by atoms with Crippen LogP contribution in [0.3, 0.4) is 0 Å². The molecule has 1 aromatic carbocycles. The molecule has 0 bridgehead atoms. The summed E-state index contributed by atoms with van der Waals surface area (Å²) < 4.78 is 8.08. The molecule has 0 spiro atoms. The van der Waals surface area contributed by atoms with Crippen LogP contribution in [-0.4, -0.2) is 23.2 Å². The summed E-state index contributed by atoms with van der Waals surface area (Å²) in [6, 6.07) is 13.0. The maximum Gasteiger partial charge on any atom is 0.140 e. The molecule has 0 radical (unpaired) electrons. The fourth-order valence-corrected chi connectivity index (χ4v) is 4.25. The highest BCUT2D eigenvalue weighted by Crippen LogP contribution is 2.27. The predicted molar refractivity (Wildman–Crippen MR) is 139 cm³/mol. The van der Waals surface area contributed by atoms with Crippen molar-refractivity contribution in [2.24, 2.45) is 5.92 Å². The zero-order chi connectivity index (χ0) is 23.3. The van der Waals surface area contributed by atoms with E-state index < -0.39 is 0 Å².